The van der Waals surface area contributed by atoms with Crippen LogP contribution in [0.2, 0.25) is 0 Å². The molecule has 0 N–H and O–H groups in total. The number of azide groups is 1. The standard InChI is InChI=1S/C28H26N6/c1-17(2)24-15-21(30-32-29)16-25(18(3)4)27(24)34-28-23-12-8-6-10-20(23)14-13-19-9-5-7-11-22(19)26(28)31-33-34/h5-18H,1-4H3/b14-13-,19-13?,20-14?,26-22?,28-23?. The molecule has 1 heterocycles. The zero-order chi connectivity index (χ0) is 23.8. The molecule has 3 aromatic carbocycles. The summed E-state index contributed by atoms with van der Waals surface area (Å²) >= 11 is 0. The molecule has 34 heavy (non-hydrogen) atoms. The minimum atomic E-state index is 0.192. The summed E-state index contributed by atoms with van der Waals surface area (Å²) in [7, 11) is 0. The topological polar surface area (TPSA) is 79.5 Å². The highest BCUT2D eigenvalue weighted by Crippen LogP contribution is 2.42. The predicted molar refractivity (Wildman–Crippen MR) is 138 cm³/mol. The molecular weight excluding hydrogens is 420 g/mol. The SMILES string of the molecule is CC(C)c1cc(N=[N+]=[N-])cc(C(C)C)c1-n1nnc2c1-c1ccccc1/C=C\c1ccccc1-2. The second-order valence-corrected chi connectivity index (χ2v) is 9.18. The Hall–Kier alpha value is -4.15. The van der Waals surface area contributed by atoms with E-state index in [2.05, 4.69) is 86.3 Å². The van der Waals surface area contributed by atoms with Crippen LogP contribution in [0.25, 0.3) is 50.8 Å². The number of hydrogen-bond acceptors (Lipinski definition) is 3. The Morgan fingerprint density at radius 2 is 1.38 bits per heavy atom. The van der Waals surface area contributed by atoms with Crippen LogP contribution in [0.1, 0.15) is 61.8 Å². The molecule has 0 unspecified atom stereocenters. The summed E-state index contributed by atoms with van der Waals surface area (Å²) in [4.78, 5) is 3.03. The van der Waals surface area contributed by atoms with Gasteiger partial charge in [0.15, 0.2) is 0 Å². The predicted octanol–water partition coefficient (Wildman–Crippen LogP) is 8.27. The van der Waals surface area contributed by atoms with Gasteiger partial charge >= 0.3 is 0 Å². The summed E-state index contributed by atoms with van der Waals surface area (Å²) in [5, 5.41) is 13.4. The maximum atomic E-state index is 9.07. The zero-order valence-electron chi connectivity index (χ0n) is 19.8. The van der Waals surface area contributed by atoms with Gasteiger partial charge < -0.3 is 0 Å². The zero-order valence-corrected chi connectivity index (χ0v) is 19.8. The van der Waals surface area contributed by atoms with Crippen LogP contribution < -0.4 is 0 Å². The van der Waals surface area contributed by atoms with Crippen molar-refractivity contribution in [2.45, 2.75) is 39.5 Å². The summed E-state index contributed by atoms with van der Waals surface area (Å²) in [5.74, 6) is 0.384. The highest BCUT2D eigenvalue weighted by molar-refractivity contribution is 5.93. The summed E-state index contributed by atoms with van der Waals surface area (Å²) in [6.07, 6.45) is 4.30. The molecule has 168 valence electrons. The monoisotopic (exact) mass is 446 g/mol. The summed E-state index contributed by atoms with van der Waals surface area (Å²) < 4.78 is 1.99. The normalized spacial score (nSPS) is 12.9. The molecule has 6 heteroatoms. The number of aromatic nitrogens is 3. The van der Waals surface area contributed by atoms with Crippen molar-refractivity contribution >= 4 is 17.8 Å². The molecule has 0 spiro atoms. The maximum Gasteiger partial charge on any atom is 0.122 e. The lowest BCUT2D eigenvalue weighted by molar-refractivity contribution is 0.746. The Bertz CT molecular complexity index is 1440. The third kappa shape index (κ3) is 3.58. The molecule has 5 rings (SSSR count). The van der Waals surface area contributed by atoms with Gasteiger partial charge in [0.2, 0.25) is 0 Å². The Kier molecular flexibility index (Phi) is 5.52. The second kappa shape index (κ2) is 8.65. The molecule has 4 aromatic rings. The van der Waals surface area contributed by atoms with E-state index in [1.165, 1.54) is 0 Å². The Balaban J connectivity index is 1.91. The van der Waals surface area contributed by atoms with E-state index in [0.29, 0.717) is 5.69 Å². The van der Waals surface area contributed by atoms with Crippen molar-refractivity contribution < 1.29 is 0 Å². The fourth-order valence-electron chi connectivity index (χ4n) is 4.65. The van der Waals surface area contributed by atoms with Crippen molar-refractivity contribution in [1.29, 1.82) is 0 Å². The van der Waals surface area contributed by atoms with Crippen molar-refractivity contribution in [1.82, 2.24) is 15.0 Å². The lowest BCUT2D eigenvalue weighted by Crippen LogP contribution is -2.10. The molecule has 0 amide bonds. The van der Waals surface area contributed by atoms with E-state index in [1.54, 1.807) is 0 Å². The lowest BCUT2D eigenvalue weighted by Gasteiger charge is -2.22. The first-order valence-electron chi connectivity index (χ1n) is 11.6. The van der Waals surface area contributed by atoms with E-state index >= 15 is 0 Å². The van der Waals surface area contributed by atoms with Crippen LogP contribution in [0, 0.1) is 0 Å². The third-order valence-corrected chi connectivity index (χ3v) is 6.31. The molecule has 0 atom stereocenters. The van der Waals surface area contributed by atoms with Gasteiger partial charge in [0.25, 0.3) is 0 Å². The third-order valence-electron chi connectivity index (χ3n) is 6.31. The van der Waals surface area contributed by atoms with E-state index < -0.39 is 0 Å². The molecule has 1 aliphatic rings. The van der Waals surface area contributed by atoms with Crippen molar-refractivity contribution in [3.8, 4) is 28.2 Å². The quantitative estimate of drug-likeness (QED) is 0.158. The van der Waals surface area contributed by atoms with Gasteiger partial charge in [0, 0.05) is 21.7 Å². The fourth-order valence-corrected chi connectivity index (χ4v) is 4.65. The highest BCUT2D eigenvalue weighted by atomic mass is 15.4. The van der Waals surface area contributed by atoms with Crippen molar-refractivity contribution in [2.24, 2.45) is 5.11 Å². The smallest absolute Gasteiger partial charge is 0.122 e. The van der Waals surface area contributed by atoms with E-state index in [9.17, 15) is 0 Å². The fraction of sp³-hybridized carbons (Fsp3) is 0.214. The molecule has 0 saturated carbocycles. The van der Waals surface area contributed by atoms with Crippen molar-refractivity contribution in [3.63, 3.8) is 0 Å². The number of hydrogen-bond donors (Lipinski definition) is 0. The molecule has 0 radical (unpaired) electrons. The lowest BCUT2D eigenvalue weighted by atomic mass is 9.90. The average molecular weight is 447 g/mol. The van der Waals surface area contributed by atoms with Crippen LogP contribution in [-0.4, -0.2) is 15.0 Å². The van der Waals surface area contributed by atoms with Crippen LogP contribution in [0.4, 0.5) is 5.69 Å². The molecule has 0 saturated heterocycles. The van der Waals surface area contributed by atoms with Gasteiger partial charge in [-0.3, -0.25) is 0 Å². The minimum absolute atomic E-state index is 0.192. The van der Waals surface area contributed by atoms with Crippen LogP contribution in [0.5, 0.6) is 0 Å². The maximum absolute atomic E-state index is 9.07. The Morgan fingerprint density at radius 3 is 1.97 bits per heavy atom. The molecular formula is C28H26N6. The van der Waals surface area contributed by atoms with Crippen molar-refractivity contribution in [3.05, 3.63) is 93.4 Å². The number of benzene rings is 3. The van der Waals surface area contributed by atoms with Crippen LogP contribution in [0.3, 0.4) is 0 Å². The van der Waals surface area contributed by atoms with Crippen LogP contribution in [0.15, 0.2) is 65.8 Å². The number of nitrogens with zero attached hydrogens (tertiary/aromatic N) is 6. The largest absolute Gasteiger partial charge is 0.212 e. The van der Waals surface area contributed by atoms with E-state index in [0.717, 1.165) is 50.5 Å². The van der Waals surface area contributed by atoms with Crippen LogP contribution >= 0.6 is 0 Å². The minimum Gasteiger partial charge on any atom is -0.212 e. The van der Waals surface area contributed by atoms with Gasteiger partial charge in [0.1, 0.15) is 11.4 Å². The second-order valence-electron chi connectivity index (χ2n) is 9.18. The van der Waals surface area contributed by atoms with Gasteiger partial charge in [-0.15, -0.1) is 5.10 Å². The van der Waals surface area contributed by atoms with Crippen molar-refractivity contribution in [2.75, 3.05) is 0 Å². The van der Waals surface area contributed by atoms with Crippen LogP contribution in [-0.2, 0) is 0 Å². The first kappa shape index (κ1) is 21.7. The van der Waals surface area contributed by atoms with Gasteiger partial charge in [-0.05, 0) is 51.8 Å². The van der Waals surface area contributed by atoms with Gasteiger partial charge in [0.05, 0.1) is 5.69 Å². The van der Waals surface area contributed by atoms with E-state index in [4.69, 9.17) is 15.8 Å². The summed E-state index contributed by atoms with van der Waals surface area (Å²) in [6, 6.07) is 20.6. The molecule has 6 nitrogen and oxygen atoms in total. The van der Waals surface area contributed by atoms with Gasteiger partial charge in [-0.1, -0.05) is 98.7 Å². The average Bonchev–Trinajstić information content (AvgIpc) is 3.25. The van der Waals surface area contributed by atoms with Gasteiger partial charge in [-0.25, -0.2) is 4.68 Å². The Morgan fingerprint density at radius 1 is 0.824 bits per heavy atom. The molecule has 1 aliphatic carbocycles. The summed E-state index contributed by atoms with van der Waals surface area (Å²) in [6.45, 7) is 8.59. The number of fused-ring (bicyclic) bond motifs is 5. The van der Waals surface area contributed by atoms with Gasteiger partial charge in [-0.2, -0.15) is 0 Å². The molecule has 0 bridgehead atoms. The Labute approximate surface area is 199 Å². The molecule has 0 fully saturated rings. The first-order valence-corrected chi connectivity index (χ1v) is 11.6. The van der Waals surface area contributed by atoms with E-state index in [1.807, 2.05) is 28.9 Å². The highest BCUT2D eigenvalue weighted by Gasteiger charge is 2.26. The first-order chi connectivity index (χ1) is 16.5. The molecule has 0 aliphatic heterocycles. The summed E-state index contributed by atoms with van der Waals surface area (Å²) in [5.41, 5.74) is 19.0. The van der Waals surface area contributed by atoms with E-state index in [-0.39, 0.29) is 11.8 Å². The molecule has 1 aromatic heterocycles. The number of rotatable bonds is 4.